The SMILES string of the molecule is CC(C)Cn1c[n+](CC(=O)c2ccco2)c2c1C(=O)c1ccccc1C2=O. The molecule has 0 N–H and O–H groups in total. The van der Waals surface area contributed by atoms with Gasteiger partial charge in [-0.25, -0.2) is 9.13 Å². The van der Waals surface area contributed by atoms with Crippen molar-refractivity contribution in [1.82, 2.24) is 4.57 Å². The molecular formula is C21H19N2O4+. The second-order valence-electron chi connectivity index (χ2n) is 7.09. The Bertz CT molecular complexity index is 1060. The molecule has 4 rings (SSSR count). The molecule has 1 aliphatic carbocycles. The first-order valence-electron chi connectivity index (χ1n) is 8.85. The van der Waals surface area contributed by atoms with Gasteiger partial charge in [0.05, 0.1) is 12.8 Å². The highest BCUT2D eigenvalue weighted by Crippen LogP contribution is 2.26. The molecular weight excluding hydrogens is 344 g/mol. The Morgan fingerprint density at radius 3 is 2.41 bits per heavy atom. The average Bonchev–Trinajstić information content (AvgIpc) is 3.28. The van der Waals surface area contributed by atoms with E-state index in [1.54, 1.807) is 51.9 Å². The highest BCUT2D eigenvalue weighted by Gasteiger charge is 2.41. The topological polar surface area (TPSA) is 73.2 Å². The summed E-state index contributed by atoms with van der Waals surface area (Å²) < 4.78 is 8.52. The lowest BCUT2D eigenvalue weighted by molar-refractivity contribution is -0.684. The van der Waals surface area contributed by atoms with Crippen molar-refractivity contribution in [3.05, 3.63) is 77.3 Å². The number of ketones is 3. The number of carbonyl (C=O) groups excluding carboxylic acids is 3. The predicted octanol–water partition coefficient (Wildman–Crippen LogP) is 2.68. The van der Waals surface area contributed by atoms with Crippen LogP contribution in [0.3, 0.4) is 0 Å². The van der Waals surface area contributed by atoms with E-state index in [1.165, 1.54) is 6.26 Å². The van der Waals surface area contributed by atoms with E-state index in [0.29, 0.717) is 23.4 Å². The van der Waals surface area contributed by atoms with Crippen LogP contribution in [0.1, 0.15) is 56.5 Å². The minimum Gasteiger partial charge on any atom is -0.461 e. The number of aromatic nitrogens is 2. The quantitative estimate of drug-likeness (QED) is 0.404. The van der Waals surface area contributed by atoms with Crippen LogP contribution in [0.25, 0.3) is 0 Å². The largest absolute Gasteiger partial charge is 0.461 e. The highest BCUT2D eigenvalue weighted by atomic mass is 16.3. The van der Waals surface area contributed by atoms with E-state index >= 15 is 0 Å². The summed E-state index contributed by atoms with van der Waals surface area (Å²) in [5.74, 6) is -0.188. The molecule has 2 heterocycles. The fraction of sp³-hybridized carbons (Fsp3) is 0.238. The summed E-state index contributed by atoms with van der Waals surface area (Å²) in [6.07, 6.45) is 3.12. The van der Waals surface area contributed by atoms with Crippen LogP contribution in [0.15, 0.2) is 53.4 Å². The van der Waals surface area contributed by atoms with E-state index in [4.69, 9.17) is 4.42 Å². The van der Waals surface area contributed by atoms with Gasteiger partial charge in [-0.3, -0.25) is 14.4 Å². The average molecular weight is 363 g/mol. The fourth-order valence-corrected chi connectivity index (χ4v) is 3.49. The maximum atomic E-state index is 13.1. The molecule has 0 spiro atoms. The summed E-state index contributed by atoms with van der Waals surface area (Å²) in [5.41, 5.74) is 1.39. The summed E-state index contributed by atoms with van der Waals surface area (Å²) >= 11 is 0. The molecule has 0 fully saturated rings. The maximum absolute atomic E-state index is 13.1. The second kappa shape index (κ2) is 6.46. The molecule has 0 unspecified atom stereocenters. The molecule has 27 heavy (non-hydrogen) atoms. The lowest BCUT2D eigenvalue weighted by Crippen LogP contribution is -2.43. The number of fused-ring (bicyclic) bond motifs is 2. The van der Waals surface area contributed by atoms with Crippen molar-refractivity contribution >= 4 is 17.3 Å². The number of rotatable bonds is 5. The molecule has 3 aromatic rings. The van der Waals surface area contributed by atoms with Gasteiger partial charge >= 0.3 is 0 Å². The van der Waals surface area contributed by atoms with Gasteiger partial charge in [0.15, 0.2) is 12.3 Å². The highest BCUT2D eigenvalue weighted by molar-refractivity contribution is 6.26. The number of furan rings is 1. The summed E-state index contributed by atoms with van der Waals surface area (Å²) in [7, 11) is 0. The van der Waals surface area contributed by atoms with Crippen molar-refractivity contribution in [2.45, 2.75) is 26.9 Å². The third kappa shape index (κ3) is 2.83. The molecule has 0 saturated carbocycles. The van der Waals surface area contributed by atoms with Crippen molar-refractivity contribution in [3.8, 4) is 0 Å². The third-order valence-corrected chi connectivity index (χ3v) is 4.60. The van der Waals surface area contributed by atoms with E-state index in [1.807, 2.05) is 13.8 Å². The van der Waals surface area contributed by atoms with Crippen LogP contribution in [-0.2, 0) is 13.1 Å². The van der Waals surface area contributed by atoms with Crippen LogP contribution in [0.2, 0.25) is 0 Å². The summed E-state index contributed by atoms with van der Waals surface area (Å²) in [6.45, 7) is 4.58. The molecule has 1 aliphatic rings. The molecule has 1 aromatic carbocycles. The van der Waals surface area contributed by atoms with Gasteiger partial charge < -0.3 is 4.42 Å². The lowest BCUT2D eigenvalue weighted by Gasteiger charge is -2.13. The van der Waals surface area contributed by atoms with Crippen molar-refractivity contribution in [3.63, 3.8) is 0 Å². The molecule has 0 radical (unpaired) electrons. The Balaban J connectivity index is 1.84. The van der Waals surface area contributed by atoms with E-state index in [2.05, 4.69) is 0 Å². The molecule has 2 aromatic heterocycles. The van der Waals surface area contributed by atoms with Gasteiger partial charge in [0.25, 0.3) is 0 Å². The molecule has 0 aliphatic heterocycles. The molecule has 6 heteroatoms. The van der Waals surface area contributed by atoms with Crippen molar-refractivity contribution < 1.29 is 23.4 Å². The maximum Gasteiger partial charge on any atom is 0.245 e. The van der Waals surface area contributed by atoms with Gasteiger partial charge in [0.2, 0.25) is 35.1 Å². The van der Waals surface area contributed by atoms with Crippen LogP contribution in [0.4, 0.5) is 0 Å². The zero-order valence-electron chi connectivity index (χ0n) is 15.1. The molecule has 136 valence electrons. The second-order valence-corrected chi connectivity index (χ2v) is 7.09. The van der Waals surface area contributed by atoms with Gasteiger partial charge in [-0.05, 0) is 18.1 Å². The zero-order valence-corrected chi connectivity index (χ0v) is 15.1. The van der Waals surface area contributed by atoms with E-state index < -0.39 is 0 Å². The van der Waals surface area contributed by atoms with E-state index in [-0.39, 0.29) is 41.3 Å². The first-order valence-corrected chi connectivity index (χ1v) is 8.85. The zero-order chi connectivity index (χ0) is 19.1. The van der Waals surface area contributed by atoms with Crippen molar-refractivity contribution in [1.29, 1.82) is 0 Å². The van der Waals surface area contributed by atoms with Gasteiger partial charge in [-0.2, -0.15) is 0 Å². The molecule has 0 amide bonds. The number of Topliss-reactive ketones (excluding diaryl/α,β-unsaturated/α-hetero) is 1. The van der Waals surface area contributed by atoms with Crippen molar-refractivity contribution in [2.75, 3.05) is 0 Å². The Kier molecular flexibility index (Phi) is 4.11. The molecule has 0 saturated heterocycles. The number of benzene rings is 1. The van der Waals surface area contributed by atoms with Crippen LogP contribution in [-0.4, -0.2) is 21.9 Å². The monoisotopic (exact) mass is 363 g/mol. The number of carbonyl (C=O) groups is 3. The Hall–Kier alpha value is -3.28. The van der Waals surface area contributed by atoms with Crippen LogP contribution < -0.4 is 4.57 Å². The van der Waals surface area contributed by atoms with Crippen LogP contribution in [0.5, 0.6) is 0 Å². The minimum atomic E-state index is -0.256. The minimum absolute atomic E-state index is 0.0673. The van der Waals surface area contributed by atoms with Crippen molar-refractivity contribution in [2.24, 2.45) is 5.92 Å². The summed E-state index contributed by atoms with van der Waals surface area (Å²) in [4.78, 5) is 38.7. The van der Waals surface area contributed by atoms with E-state index in [0.717, 1.165) is 0 Å². The van der Waals surface area contributed by atoms with Gasteiger partial charge in [0, 0.05) is 11.1 Å². The standard InChI is InChI=1S/C21H19N2O4/c1-13(2)10-22-12-23(11-16(24)17-8-5-9-27-17)19-18(22)20(25)14-6-3-4-7-15(14)21(19)26/h3-9,12-13H,10-11H2,1-2H3/q+1. The normalized spacial score (nSPS) is 13.0. The van der Waals surface area contributed by atoms with Gasteiger partial charge in [0.1, 0.15) is 0 Å². The Morgan fingerprint density at radius 1 is 1.07 bits per heavy atom. The number of hydrogen-bond acceptors (Lipinski definition) is 4. The van der Waals surface area contributed by atoms with Crippen LogP contribution in [0, 0.1) is 5.92 Å². The first kappa shape index (κ1) is 17.1. The Labute approximate surface area is 156 Å². The van der Waals surface area contributed by atoms with Gasteiger partial charge in [-0.1, -0.05) is 38.1 Å². The number of hydrogen-bond donors (Lipinski definition) is 0. The predicted molar refractivity (Wildman–Crippen MR) is 95.8 cm³/mol. The van der Waals surface area contributed by atoms with E-state index in [9.17, 15) is 14.4 Å². The number of nitrogens with zero attached hydrogens (tertiary/aromatic N) is 2. The Morgan fingerprint density at radius 2 is 1.78 bits per heavy atom. The lowest BCUT2D eigenvalue weighted by atomic mass is 9.89. The molecule has 6 nitrogen and oxygen atoms in total. The third-order valence-electron chi connectivity index (χ3n) is 4.60. The summed E-state index contributed by atoms with van der Waals surface area (Å²) in [5, 5.41) is 0. The summed E-state index contributed by atoms with van der Waals surface area (Å²) in [6, 6.07) is 10.0. The smallest absolute Gasteiger partial charge is 0.245 e. The number of imidazole rings is 1. The van der Waals surface area contributed by atoms with Crippen LogP contribution >= 0.6 is 0 Å². The first-order chi connectivity index (χ1) is 13.0. The van der Waals surface area contributed by atoms with Gasteiger partial charge in [-0.15, -0.1) is 0 Å². The fourth-order valence-electron chi connectivity index (χ4n) is 3.49. The molecule has 0 bridgehead atoms. The molecule has 0 atom stereocenters.